The van der Waals surface area contributed by atoms with Gasteiger partial charge in [-0.2, -0.15) is 0 Å². The van der Waals surface area contributed by atoms with Gasteiger partial charge < -0.3 is 20.5 Å². The minimum absolute atomic E-state index is 0.00887. The van der Waals surface area contributed by atoms with E-state index in [2.05, 4.69) is 10.6 Å². The summed E-state index contributed by atoms with van der Waals surface area (Å²) in [5.41, 5.74) is 1.04. The van der Waals surface area contributed by atoms with Crippen molar-refractivity contribution < 1.29 is 19.4 Å². The summed E-state index contributed by atoms with van der Waals surface area (Å²) in [7, 11) is 0. The van der Waals surface area contributed by atoms with E-state index in [9.17, 15) is 14.7 Å². The topological polar surface area (TPSA) is 87.7 Å². The van der Waals surface area contributed by atoms with Crippen LogP contribution < -0.4 is 10.6 Å². The zero-order valence-electron chi connectivity index (χ0n) is 14.9. The number of hydrogen-bond acceptors (Lipinski definition) is 4. The second kappa shape index (κ2) is 8.47. The summed E-state index contributed by atoms with van der Waals surface area (Å²) in [4.78, 5) is 24.2. The fourth-order valence-corrected chi connectivity index (χ4v) is 3.07. The molecule has 3 rings (SSSR count). The number of amides is 2. The third-order valence-electron chi connectivity index (χ3n) is 4.78. The SMILES string of the molecule is C[C@@H](NC(=O)C[C@H]1C=C[C@@H](NC(=O)C2CC2)[C@@H](CO)O1)c1ccccc1. The largest absolute Gasteiger partial charge is 0.394 e. The first-order valence-electron chi connectivity index (χ1n) is 9.16. The lowest BCUT2D eigenvalue weighted by molar-refractivity contribution is -0.129. The zero-order chi connectivity index (χ0) is 18.5. The van der Waals surface area contributed by atoms with Crippen molar-refractivity contribution in [3.8, 4) is 0 Å². The Morgan fingerprint density at radius 1 is 1.23 bits per heavy atom. The average molecular weight is 358 g/mol. The van der Waals surface area contributed by atoms with Gasteiger partial charge in [0.15, 0.2) is 0 Å². The van der Waals surface area contributed by atoms with Crippen LogP contribution in [-0.4, -0.2) is 41.8 Å². The minimum atomic E-state index is -0.535. The standard InChI is InChI=1S/C20H26N2O4/c1-13(14-5-3-2-4-6-14)21-19(24)11-16-9-10-17(18(12-23)26-16)22-20(25)15-7-8-15/h2-6,9-10,13,15-18,23H,7-8,11-12H2,1H3,(H,21,24)(H,22,25)/t13-,16-,17-,18-/m1/s1. The third-order valence-corrected chi connectivity index (χ3v) is 4.78. The van der Waals surface area contributed by atoms with Crippen LogP contribution in [0.4, 0.5) is 0 Å². The van der Waals surface area contributed by atoms with Crippen LogP contribution in [0.5, 0.6) is 0 Å². The van der Waals surface area contributed by atoms with Gasteiger partial charge in [-0.1, -0.05) is 42.5 Å². The summed E-state index contributed by atoms with van der Waals surface area (Å²) in [6, 6.07) is 9.31. The van der Waals surface area contributed by atoms with E-state index in [0.29, 0.717) is 0 Å². The summed E-state index contributed by atoms with van der Waals surface area (Å²) in [6.45, 7) is 1.73. The zero-order valence-corrected chi connectivity index (χ0v) is 14.9. The van der Waals surface area contributed by atoms with Crippen molar-refractivity contribution in [2.45, 2.75) is 50.5 Å². The van der Waals surface area contributed by atoms with Gasteiger partial charge in [0.25, 0.3) is 0 Å². The van der Waals surface area contributed by atoms with Gasteiger partial charge in [-0.3, -0.25) is 9.59 Å². The molecule has 140 valence electrons. The van der Waals surface area contributed by atoms with Crippen LogP contribution in [0.25, 0.3) is 0 Å². The Kier molecular flexibility index (Phi) is 6.06. The number of nitrogens with one attached hydrogen (secondary N) is 2. The van der Waals surface area contributed by atoms with Crippen LogP contribution in [0, 0.1) is 5.92 Å². The molecule has 0 radical (unpaired) electrons. The van der Waals surface area contributed by atoms with Gasteiger partial charge in [-0.15, -0.1) is 0 Å². The first-order valence-corrected chi connectivity index (χ1v) is 9.16. The lowest BCUT2D eigenvalue weighted by Gasteiger charge is -2.32. The molecule has 2 aliphatic rings. The maximum Gasteiger partial charge on any atom is 0.223 e. The molecule has 6 heteroatoms. The van der Waals surface area contributed by atoms with Crippen LogP contribution in [0.1, 0.15) is 37.8 Å². The van der Waals surface area contributed by atoms with Crippen LogP contribution in [0.2, 0.25) is 0 Å². The van der Waals surface area contributed by atoms with Gasteiger partial charge in [0.05, 0.1) is 31.2 Å². The molecule has 0 aromatic heterocycles. The van der Waals surface area contributed by atoms with Crippen molar-refractivity contribution >= 4 is 11.8 Å². The van der Waals surface area contributed by atoms with Crippen LogP contribution in [-0.2, 0) is 14.3 Å². The minimum Gasteiger partial charge on any atom is -0.394 e. The van der Waals surface area contributed by atoms with Crippen molar-refractivity contribution in [2.75, 3.05) is 6.61 Å². The third kappa shape index (κ3) is 4.93. The predicted octanol–water partition coefficient (Wildman–Crippen LogP) is 1.46. The van der Waals surface area contributed by atoms with E-state index in [1.807, 2.05) is 43.3 Å². The molecule has 0 saturated heterocycles. The fraction of sp³-hybridized carbons (Fsp3) is 0.500. The average Bonchev–Trinajstić information content (AvgIpc) is 3.48. The summed E-state index contributed by atoms with van der Waals surface area (Å²) >= 11 is 0. The Morgan fingerprint density at radius 3 is 2.62 bits per heavy atom. The summed E-state index contributed by atoms with van der Waals surface area (Å²) in [6.07, 6.45) is 4.69. The second-order valence-electron chi connectivity index (χ2n) is 6.99. The van der Waals surface area contributed by atoms with E-state index in [4.69, 9.17) is 4.74 Å². The number of ether oxygens (including phenoxy) is 1. The molecule has 0 bridgehead atoms. The van der Waals surface area contributed by atoms with Gasteiger partial charge in [-0.05, 0) is 25.3 Å². The Bertz CT molecular complexity index is 657. The van der Waals surface area contributed by atoms with Crippen LogP contribution in [0.3, 0.4) is 0 Å². The molecule has 1 aliphatic heterocycles. The first kappa shape index (κ1) is 18.6. The number of rotatable bonds is 7. The molecule has 0 unspecified atom stereocenters. The fourth-order valence-electron chi connectivity index (χ4n) is 3.07. The molecular weight excluding hydrogens is 332 g/mol. The maximum absolute atomic E-state index is 12.3. The Morgan fingerprint density at radius 2 is 1.96 bits per heavy atom. The molecular formula is C20H26N2O4. The number of aliphatic hydroxyl groups excluding tert-OH is 1. The molecule has 2 amide bonds. The molecule has 1 aromatic carbocycles. The highest BCUT2D eigenvalue weighted by Gasteiger charge is 2.34. The predicted molar refractivity (Wildman–Crippen MR) is 97.2 cm³/mol. The van der Waals surface area contributed by atoms with E-state index in [0.717, 1.165) is 18.4 Å². The van der Waals surface area contributed by atoms with E-state index >= 15 is 0 Å². The first-order chi connectivity index (χ1) is 12.6. The quantitative estimate of drug-likeness (QED) is 0.644. The molecule has 1 aliphatic carbocycles. The van der Waals surface area contributed by atoms with Crippen LogP contribution >= 0.6 is 0 Å². The summed E-state index contributed by atoms with van der Waals surface area (Å²) < 4.78 is 5.79. The highest BCUT2D eigenvalue weighted by molar-refractivity contribution is 5.81. The van der Waals surface area contributed by atoms with Crippen LogP contribution in [0.15, 0.2) is 42.5 Å². The van der Waals surface area contributed by atoms with Crippen molar-refractivity contribution in [1.29, 1.82) is 0 Å². The summed E-state index contributed by atoms with van der Waals surface area (Å²) in [5.74, 6) is -0.00606. The van der Waals surface area contributed by atoms with Gasteiger partial charge in [-0.25, -0.2) is 0 Å². The van der Waals surface area contributed by atoms with Gasteiger partial charge >= 0.3 is 0 Å². The molecule has 26 heavy (non-hydrogen) atoms. The van der Waals surface area contributed by atoms with Crippen molar-refractivity contribution in [3.05, 3.63) is 48.0 Å². The molecule has 6 nitrogen and oxygen atoms in total. The number of benzene rings is 1. The lowest BCUT2D eigenvalue weighted by atomic mass is 10.0. The molecule has 1 fully saturated rings. The van der Waals surface area contributed by atoms with Crippen molar-refractivity contribution in [2.24, 2.45) is 5.92 Å². The molecule has 1 aromatic rings. The lowest BCUT2D eigenvalue weighted by Crippen LogP contribution is -2.49. The van der Waals surface area contributed by atoms with Gasteiger partial charge in [0.1, 0.15) is 6.10 Å². The van der Waals surface area contributed by atoms with E-state index in [1.54, 1.807) is 6.08 Å². The number of carbonyl (C=O) groups is 2. The van der Waals surface area contributed by atoms with E-state index in [-0.39, 0.29) is 42.8 Å². The summed E-state index contributed by atoms with van der Waals surface area (Å²) in [5, 5.41) is 15.4. The Hall–Kier alpha value is -2.18. The van der Waals surface area contributed by atoms with Crippen molar-refractivity contribution in [3.63, 3.8) is 0 Å². The Labute approximate surface area is 153 Å². The molecule has 1 heterocycles. The smallest absolute Gasteiger partial charge is 0.223 e. The molecule has 4 atom stereocenters. The maximum atomic E-state index is 12.3. The second-order valence-corrected chi connectivity index (χ2v) is 6.99. The van der Waals surface area contributed by atoms with E-state index < -0.39 is 12.2 Å². The van der Waals surface area contributed by atoms with Crippen molar-refractivity contribution in [1.82, 2.24) is 10.6 Å². The molecule has 1 saturated carbocycles. The monoisotopic (exact) mass is 358 g/mol. The highest BCUT2D eigenvalue weighted by atomic mass is 16.5. The molecule has 0 spiro atoms. The molecule has 3 N–H and O–H groups in total. The number of hydrogen-bond donors (Lipinski definition) is 3. The normalized spacial score (nSPS) is 26.2. The van der Waals surface area contributed by atoms with E-state index in [1.165, 1.54) is 0 Å². The van der Waals surface area contributed by atoms with Gasteiger partial charge in [0, 0.05) is 5.92 Å². The van der Waals surface area contributed by atoms with Gasteiger partial charge in [0.2, 0.25) is 11.8 Å². The highest BCUT2D eigenvalue weighted by Crippen LogP contribution is 2.29. The number of aliphatic hydroxyl groups is 1. The number of carbonyl (C=O) groups excluding carboxylic acids is 2. The Balaban J connectivity index is 1.51.